The Morgan fingerprint density at radius 3 is 2.29 bits per heavy atom. The number of fused-ring (bicyclic) bond motifs is 3. The van der Waals surface area contributed by atoms with Gasteiger partial charge in [-0.15, -0.1) is 12.4 Å². The van der Waals surface area contributed by atoms with Crippen LogP contribution in [0.25, 0.3) is 0 Å². The predicted molar refractivity (Wildman–Crippen MR) is 99.9 cm³/mol. The lowest BCUT2D eigenvalue weighted by molar-refractivity contribution is 0.0259. The van der Waals surface area contributed by atoms with Crippen molar-refractivity contribution in [2.45, 2.75) is 18.8 Å². The molecule has 3 fully saturated rings. The first kappa shape index (κ1) is 17.2. The Labute approximate surface area is 150 Å². The van der Waals surface area contributed by atoms with Crippen LogP contribution in [0.15, 0.2) is 60.7 Å². The molecule has 5 rings (SSSR count). The van der Waals surface area contributed by atoms with Gasteiger partial charge < -0.3 is 4.90 Å². The average molecular weight is 342 g/mol. The van der Waals surface area contributed by atoms with Gasteiger partial charge in [-0.05, 0) is 36.3 Å². The van der Waals surface area contributed by atoms with Crippen molar-refractivity contribution in [3.63, 3.8) is 0 Å². The van der Waals surface area contributed by atoms with Crippen LogP contribution in [0.1, 0.15) is 34.7 Å². The lowest BCUT2D eigenvalue weighted by atomic mass is 9.68. The van der Waals surface area contributed by atoms with E-state index in [1.54, 1.807) is 0 Å². The van der Waals surface area contributed by atoms with Gasteiger partial charge in [0.05, 0.1) is 0 Å². The zero-order valence-electron chi connectivity index (χ0n) is 13.8. The summed E-state index contributed by atoms with van der Waals surface area (Å²) in [6.45, 7) is 3.45. The number of hydrogen-bond acceptors (Lipinski definition) is 2. The topological polar surface area (TPSA) is 20.3 Å². The standard InChI is InChI=1S/C21H23NO.ClH/c23-21(17-9-5-2-6-10-17)13-18-14-22-12-11-19(18)20(15-22)16-7-3-1-4-8-16;/h1-10,18-20H,11-15H2;1H. The summed E-state index contributed by atoms with van der Waals surface area (Å²) in [5, 5.41) is 0. The van der Waals surface area contributed by atoms with E-state index < -0.39 is 0 Å². The van der Waals surface area contributed by atoms with Crippen LogP contribution in [0.5, 0.6) is 0 Å². The highest BCUT2D eigenvalue weighted by molar-refractivity contribution is 5.96. The van der Waals surface area contributed by atoms with E-state index >= 15 is 0 Å². The quantitative estimate of drug-likeness (QED) is 0.767. The van der Waals surface area contributed by atoms with Gasteiger partial charge in [0.1, 0.15) is 0 Å². The van der Waals surface area contributed by atoms with E-state index in [-0.39, 0.29) is 12.4 Å². The molecule has 126 valence electrons. The van der Waals surface area contributed by atoms with Gasteiger partial charge in [-0.1, -0.05) is 60.7 Å². The number of hydrogen-bond donors (Lipinski definition) is 0. The largest absolute Gasteiger partial charge is 0.302 e. The Kier molecular flexibility index (Phi) is 5.37. The molecule has 24 heavy (non-hydrogen) atoms. The minimum absolute atomic E-state index is 0. The van der Waals surface area contributed by atoms with Crippen molar-refractivity contribution in [1.29, 1.82) is 0 Å². The van der Waals surface area contributed by atoms with Gasteiger partial charge >= 0.3 is 0 Å². The summed E-state index contributed by atoms with van der Waals surface area (Å²) in [4.78, 5) is 15.2. The van der Waals surface area contributed by atoms with E-state index in [0.717, 1.165) is 18.7 Å². The number of nitrogens with zero attached hydrogens (tertiary/aromatic N) is 1. The molecule has 0 spiro atoms. The zero-order valence-corrected chi connectivity index (χ0v) is 14.6. The van der Waals surface area contributed by atoms with Gasteiger partial charge in [-0.2, -0.15) is 0 Å². The Morgan fingerprint density at radius 1 is 0.958 bits per heavy atom. The summed E-state index contributed by atoms with van der Waals surface area (Å²) in [6.07, 6.45) is 1.92. The molecule has 0 amide bonds. The molecule has 0 aromatic heterocycles. The lowest BCUT2D eigenvalue weighted by Crippen LogP contribution is -2.52. The van der Waals surface area contributed by atoms with Crippen LogP contribution in [0, 0.1) is 11.8 Å². The Bertz CT molecular complexity index is 673. The van der Waals surface area contributed by atoms with Crippen LogP contribution >= 0.6 is 12.4 Å². The van der Waals surface area contributed by atoms with Gasteiger partial charge in [0.25, 0.3) is 0 Å². The van der Waals surface area contributed by atoms with Crippen molar-refractivity contribution in [2.75, 3.05) is 19.6 Å². The van der Waals surface area contributed by atoms with E-state index in [9.17, 15) is 4.79 Å². The van der Waals surface area contributed by atoms with Crippen LogP contribution in [0.4, 0.5) is 0 Å². The smallest absolute Gasteiger partial charge is 0.163 e. The zero-order chi connectivity index (χ0) is 15.6. The van der Waals surface area contributed by atoms with Crippen molar-refractivity contribution < 1.29 is 4.79 Å². The predicted octanol–water partition coefficient (Wildman–Crippen LogP) is 4.42. The molecule has 0 aliphatic carbocycles. The molecular formula is C21H24ClNO. The monoisotopic (exact) mass is 341 g/mol. The first-order chi connectivity index (χ1) is 11.3. The number of carbonyl (C=O) groups is 1. The molecule has 4 unspecified atom stereocenters. The van der Waals surface area contributed by atoms with Crippen molar-refractivity contribution in [3.8, 4) is 0 Å². The summed E-state index contributed by atoms with van der Waals surface area (Å²) >= 11 is 0. The van der Waals surface area contributed by atoms with Crippen molar-refractivity contribution >= 4 is 18.2 Å². The summed E-state index contributed by atoms with van der Waals surface area (Å²) in [5.41, 5.74) is 2.30. The highest BCUT2D eigenvalue weighted by Gasteiger charge is 2.42. The minimum Gasteiger partial charge on any atom is -0.302 e. The molecule has 3 heteroatoms. The van der Waals surface area contributed by atoms with Gasteiger partial charge in [0.15, 0.2) is 5.78 Å². The van der Waals surface area contributed by atoms with Crippen molar-refractivity contribution in [2.24, 2.45) is 11.8 Å². The molecule has 2 bridgehead atoms. The molecule has 3 aliphatic rings. The fourth-order valence-electron chi connectivity index (χ4n) is 4.48. The van der Waals surface area contributed by atoms with Gasteiger partial charge in [0.2, 0.25) is 0 Å². The average Bonchev–Trinajstić information content (AvgIpc) is 2.63. The van der Waals surface area contributed by atoms with E-state index in [1.807, 2.05) is 30.3 Å². The summed E-state index contributed by atoms with van der Waals surface area (Å²) in [6, 6.07) is 20.6. The Balaban J connectivity index is 0.00000169. The van der Waals surface area contributed by atoms with Crippen LogP contribution in [0.3, 0.4) is 0 Å². The Hall–Kier alpha value is -1.64. The molecule has 0 saturated carbocycles. The van der Waals surface area contributed by atoms with E-state index in [2.05, 4.69) is 35.2 Å². The maximum atomic E-state index is 12.6. The molecule has 3 saturated heterocycles. The fraction of sp³-hybridized carbons (Fsp3) is 0.381. The molecule has 4 atom stereocenters. The molecular weight excluding hydrogens is 318 g/mol. The number of Topliss-reactive ketones (excluding diaryl/α,β-unsaturated/α-hetero) is 1. The van der Waals surface area contributed by atoms with Crippen LogP contribution in [-0.2, 0) is 0 Å². The second-order valence-electron chi connectivity index (χ2n) is 6.98. The highest BCUT2D eigenvalue weighted by atomic mass is 35.5. The number of halogens is 1. The van der Waals surface area contributed by atoms with Gasteiger partial charge in [-0.25, -0.2) is 0 Å². The number of ketones is 1. The van der Waals surface area contributed by atoms with Crippen molar-refractivity contribution in [1.82, 2.24) is 4.90 Å². The lowest BCUT2D eigenvalue weighted by Gasteiger charge is -2.50. The number of benzene rings is 2. The minimum atomic E-state index is 0. The van der Waals surface area contributed by atoms with Crippen molar-refractivity contribution in [3.05, 3.63) is 71.8 Å². The van der Waals surface area contributed by atoms with Crippen LogP contribution in [-0.4, -0.2) is 30.3 Å². The maximum Gasteiger partial charge on any atom is 0.163 e. The molecule has 3 aliphatic heterocycles. The molecule has 2 aromatic rings. The van der Waals surface area contributed by atoms with E-state index in [0.29, 0.717) is 30.0 Å². The molecule has 0 radical (unpaired) electrons. The Morgan fingerprint density at radius 2 is 1.62 bits per heavy atom. The second kappa shape index (κ2) is 7.50. The number of rotatable bonds is 4. The second-order valence-corrected chi connectivity index (χ2v) is 6.98. The third-order valence-corrected chi connectivity index (χ3v) is 5.62. The van der Waals surface area contributed by atoms with Crippen LogP contribution in [0.2, 0.25) is 0 Å². The summed E-state index contributed by atoms with van der Waals surface area (Å²) < 4.78 is 0. The molecule has 2 nitrogen and oxygen atoms in total. The third-order valence-electron chi connectivity index (χ3n) is 5.62. The SMILES string of the molecule is Cl.O=C(CC1CN2CCC1C(c1ccccc1)C2)c1ccccc1. The van der Waals surface area contributed by atoms with Crippen LogP contribution < -0.4 is 0 Å². The number of carbonyl (C=O) groups excluding carboxylic acids is 1. The first-order valence-electron chi connectivity index (χ1n) is 8.67. The summed E-state index contributed by atoms with van der Waals surface area (Å²) in [7, 11) is 0. The summed E-state index contributed by atoms with van der Waals surface area (Å²) in [5.74, 6) is 2.04. The first-order valence-corrected chi connectivity index (χ1v) is 8.67. The maximum absolute atomic E-state index is 12.6. The highest BCUT2D eigenvalue weighted by Crippen LogP contribution is 2.43. The fourth-order valence-corrected chi connectivity index (χ4v) is 4.48. The molecule has 0 N–H and O–H groups in total. The third kappa shape index (κ3) is 3.40. The van der Waals surface area contributed by atoms with E-state index in [1.165, 1.54) is 18.5 Å². The van der Waals surface area contributed by atoms with Gasteiger partial charge in [-0.3, -0.25) is 4.79 Å². The molecule has 2 aromatic carbocycles. The normalized spacial score (nSPS) is 28.2. The molecule has 3 heterocycles. The van der Waals surface area contributed by atoms with E-state index in [4.69, 9.17) is 0 Å². The number of piperidine rings is 3. The van der Waals surface area contributed by atoms with Gasteiger partial charge in [0, 0.05) is 25.1 Å².